The van der Waals surface area contributed by atoms with Crippen molar-refractivity contribution in [3.05, 3.63) is 42.0 Å². The highest BCUT2D eigenvalue weighted by Gasteiger charge is 2.06. The van der Waals surface area contributed by atoms with Crippen LogP contribution < -0.4 is 5.73 Å². The monoisotopic (exact) mass is 191 g/mol. The number of benzene rings is 1. The van der Waals surface area contributed by atoms with Crippen molar-refractivity contribution in [1.82, 2.24) is 9.55 Å². The zero-order valence-electron chi connectivity index (χ0n) is 7.74. The third kappa shape index (κ3) is 1.35. The molecule has 0 bridgehead atoms. The summed E-state index contributed by atoms with van der Waals surface area (Å²) in [5, 5.41) is 0. The molecule has 14 heavy (non-hydrogen) atoms. The lowest BCUT2D eigenvalue weighted by Crippen LogP contribution is -2.02. The average molecular weight is 191 g/mol. The van der Waals surface area contributed by atoms with Crippen LogP contribution in [0.15, 0.2) is 30.6 Å². The van der Waals surface area contributed by atoms with Crippen molar-refractivity contribution in [2.24, 2.45) is 0 Å². The molecular weight excluding hydrogens is 181 g/mol. The molecule has 0 spiro atoms. The average Bonchev–Trinajstić information content (AvgIpc) is 2.56. The Bertz CT molecular complexity index is 462. The van der Waals surface area contributed by atoms with E-state index in [1.807, 2.05) is 6.92 Å². The predicted octanol–water partition coefficient (Wildman–Crippen LogP) is 1.90. The quantitative estimate of drug-likeness (QED) is 0.748. The number of anilines is 1. The van der Waals surface area contributed by atoms with Gasteiger partial charge in [-0.25, -0.2) is 9.37 Å². The second kappa shape index (κ2) is 3.14. The molecule has 2 N–H and O–H groups in total. The maximum absolute atomic E-state index is 13.4. The molecule has 0 aliphatic carbocycles. The molecule has 0 atom stereocenters. The molecule has 0 unspecified atom stereocenters. The van der Waals surface area contributed by atoms with Gasteiger partial charge in [-0.2, -0.15) is 0 Å². The van der Waals surface area contributed by atoms with E-state index in [4.69, 9.17) is 5.73 Å². The topological polar surface area (TPSA) is 43.8 Å². The van der Waals surface area contributed by atoms with Gasteiger partial charge < -0.3 is 5.73 Å². The summed E-state index contributed by atoms with van der Waals surface area (Å²) < 4.78 is 14.9. The Balaban J connectivity index is 2.62. The molecule has 1 aromatic heterocycles. The van der Waals surface area contributed by atoms with E-state index in [1.165, 1.54) is 16.8 Å². The largest absolute Gasteiger partial charge is 0.369 e. The van der Waals surface area contributed by atoms with Gasteiger partial charge in [0, 0.05) is 12.4 Å². The number of hydrogen-bond donors (Lipinski definition) is 1. The van der Waals surface area contributed by atoms with Crippen LogP contribution in [0.2, 0.25) is 0 Å². The number of nitrogen functional groups attached to an aromatic ring is 1. The highest BCUT2D eigenvalue weighted by Crippen LogP contribution is 2.17. The van der Waals surface area contributed by atoms with Crippen molar-refractivity contribution in [3.63, 3.8) is 0 Å². The normalized spacial score (nSPS) is 10.4. The first-order valence-corrected chi connectivity index (χ1v) is 4.24. The summed E-state index contributed by atoms with van der Waals surface area (Å²) in [6.45, 7) is 1.90. The number of aryl methyl sites for hydroxylation is 1. The summed E-state index contributed by atoms with van der Waals surface area (Å²) in [5.74, 6) is -0.0187. The second-order valence-electron chi connectivity index (χ2n) is 3.11. The number of imidazole rings is 1. The summed E-state index contributed by atoms with van der Waals surface area (Å²) in [4.78, 5) is 3.84. The van der Waals surface area contributed by atoms with Gasteiger partial charge >= 0.3 is 0 Å². The molecule has 2 aromatic rings. The number of hydrogen-bond acceptors (Lipinski definition) is 2. The standard InChI is InChI=1S/C10H10FN3/c1-7-2-3-8(11)9(6-7)14-5-4-13-10(14)12/h2-6H,1H3,(H2,12,13). The van der Waals surface area contributed by atoms with Crippen LogP contribution in [0.1, 0.15) is 5.56 Å². The number of aromatic nitrogens is 2. The minimum Gasteiger partial charge on any atom is -0.369 e. The number of nitrogens with zero attached hydrogens (tertiary/aromatic N) is 2. The predicted molar refractivity (Wildman–Crippen MR) is 52.7 cm³/mol. The Labute approximate surface area is 81.0 Å². The number of rotatable bonds is 1. The van der Waals surface area contributed by atoms with E-state index in [2.05, 4.69) is 4.98 Å². The van der Waals surface area contributed by atoms with Crippen LogP contribution in [0.3, 0.4) is 0 Å². The molecule has 3 nitrogen and oxygen atoms in total. The van der Waals surface area contributed by atoms with Crippen LogP contribution in [0, 0.1) is 12.7 Å². The molecule has 0 aliphatic rings. The van der Waals surface area contributed by atoms with Crippen molar-refractivity contribution in [2.75, 3.05) is 5.73 Å². The third-order valence-electron chi connectivity index (χ3n) is 2.03. The van der Waals surface area contributed by atoms with E-state index in [1.54, 1.807) is 18.3 Å². The molecule has 0 fully saturated rings. The Morgan fingerprint density at radius 3 is 2.86 bits per heavy atom. The summed E-state index contributed by atoms with van der Waals surface area (Å²) in [6.07, 6.45) is 3.17. The molecule has 0 radical (unpaired) electrons. The Morgan fingerprint density at radius 1 is 1.43 bits per heavy atom. The van der Waals surface area contributed by atoms with Crippen LogP contribution in [0.4, 0.5) is 10.3 Å². The minimum absolute atomic E-state index is 0.287. The molecule has 1 aromatic carbocycles. The summed E-state index contributed by atoms with van der Waals surface area (Å²) in [7, 11) is 0. The maximum atomic E-state index is 13.4. The molecule has 0 saturated carbocycles. The van der Waals surface area contributed by atoms with Crippen molar-refractivity contribution in [1.29, 1.82) is 0 Å². The van der Waals surface area contributed by atoms with Gasteiger partial charge in [-0.15, -0.1) is 0 Å². The van der Waals surface area contributed by atoms with Crippen LogP contribution in [0.5, 0.6) is 0 Å². The van der Waals surface area contributed by atoms with E-state index < -0.39 is 0 Å². The Kier molecular flexibility index (Phi) is 1.96. The van der Waals surface area contributed by atoms with E-state index >= 15 is 0 Å². The molecule has 4 heteroatoms. The fraction of sp³-hybridized carbons (Fsp3) is 0.100. The number of halogens is 1. The summed E-state index contributed by atoms with van der Waals surface area (Å²) >= 11 is 0. The highest BCUT2D eigenvalue weighted by molar-refractivity contribution is 5.42. The lowest BCUT2D eigenvalue weighted by molar-refractivity contribution is 0.618. The van der Waals surface area contributed by atoms with Gasteiger partial charge in [-0.1, -0.05) is 6.07 Å². The minimum atomic E-state index is -0.305. The highest BCUT2D eigenvalue weighted by atomic mass is 19.1. The first kappa shape index (κ1) is 8.74. The molecule has 72 valence electrons. The first-order valence-electron chi connectivity index (χ1n) is 4.24. The molecule has 0 saturated heterocycles. The zero-order chi connectivity index (χ0) is 10.1. The molecule has 0 amide bonds. The van der Waals surface area contributed by atoms with Gasteiger partial charge in [0.05, 0.1) is 5.69 Å². The fourth-order valence-electron chi connectivity index (χ4n) is 1.33. The zero-order valence-corrected chi connectivity index (χ0v) is 7.74. The molecule has 2 rings (SSSR count). The van der Waals surface area contributed by atoms with Gasteiger partial charge in [0.25, 0.3) is 0 Å². The van der Waals surface area contributed by atoms with Crippen LogP contribution in [0.25, 0.3) is 5.69 Å². The van der Waals surface area contributed by atoms with Crippen molar-refractivity contribution in [2.45, 2.75) is 6.92 Å². The molecule has 0 aliphatic heterocycles. The van der Waals surface area contributed by atoms with Crippen LogP contribution in [-0.2, 0) is 0 Å². The summed E-state index contributed by atoms with van der Waals surface area (Å²) in [5.41, 5.74) is 6.99. The van der Waals surface area contributed by atoms with E-state index in [9.17, 15) is 4.39 Å². The second-order valence-corrected chi connectivity index (χ2v) is 3.11. The van der Waals surface area contributed by atoms with Gasteiger partial charge in [0.15, 0.2) is 0 Å². The Hall–Kier alpha value is -1.84. The van der Waals surface area contributed by atoms with E-state index in [-0.39, 0.29) is 11.8 Å². The van der Waals surface area contributed by atoms with E-state index in [0.717, 1.165) is 5.56 Å². The van der Waals surface area contributed by atoms with Crippen molar-refractivity contribution >= 4 is 5.95 Å². The van der Waals surface area contributed by atoms with Gasteiger partial charge in [0.1, 0.15) is 5.82 Å². The number of nitrogens with two attached hydrogens (primary N) is 1. The Morgan fingerprint density at radius 2 is 2.21 bits per heavy atom. The lowest BCUT2D eigenvalue weighted by atomic mass is 10.2. The maximum Gasteiger partial charge on any atom is 0.204 e. The lowest BCUT2D eigenvalue weighted by Gasteiger charge is -2.06. The van der Waals surface area contributed by atoms with Gasteiger partial charge in [-0.05, 0) is 24.6 Å². The first-order chi connectivity index (χ1) is 6.68. The third-order valence-corrected chi connectivity index (χ3v) is 2.03. The van der Waals surface area contributed by atoms with Crippen molar-refractivity contribution in [3.8, 4) is 5.69 Å². The SMILES string of the molecule is Cc1ccc(F)c(-n2ccnc2N)c1. The van der Waals surface area contributed by atoms with Gasteiger partial charge in [0.2, 0.25) is 5.95 Å². The molecule has 1 heterocycles. The fourth-order valence-corrected chi connectivity index (χ4v) is 1.33. The molecular formula is C10H10FN3. The van der Waals surface area contributed by atoms with Gasteiger partial charge in [-0.3, -0.25) is 4.57 Å². The van der Waals surface area contributed by atoms with Crippen molar-refractivity contribution < 1.29 is 4.39 Å². The van der Waals surface area contributed by atoms with E-state index in [0.29, 0.717) is 5.69 Å². The van der Waals surface area contributed by atoms with Crippen LogP contribution in [-0.4, -0.2) is 9.55 Å². The van der Waals surface area contributed by atoms with Crippen LogP contribution >= 0.6 is 0 Å². The summed E-state index contributed by atoms with van der Waals surface area (Å²) in [6, 6.07) is 4.86. The smallest absolute Gasteiger partial charge is 0.204 e.